The van der Waals surface area contributed by atoms with Crippen molar-refractivity contribution in [3.05, 3.63) is 0 Å². The zero-order valence-corrected chi connectivity index (χ0v) is 9.21. The van der Waals surface area contributed by atoms with Crippen molar-refractivity contribution >= 4 is 0 Å². The number of hydrogen-bond acceptors (Lipinski definition) is 3. The van der Waals surface area contributed by atoms with E-state index in [4.69, 9.17) is 10.5 Å². The second-order valence-corrected chi connectivity index (χ2v) is 4.74. The first kappa shape index (κ1) is 11.0. The Hall–Kier alpha value is -0.120. The van der Waals surface area contributed by atoms with E-state index < -0.39 is 0 Å². The summed E-state index contributed by atoms with van der Waals surface area (Å²) >= 11 is 0. The predicted molar refractivity (Wildman–Crippen MR) is 54.7 cm³/mol. The van der Waals surface area contributed by atoms with Crippen molar-refractivity contribution in [3.63, 3.8) is 0 Å². The molecular weight excluding hydrogens is 164 g/mol. The van der Waals surface area contributed by atoms with Crippen LogP contribution in [0.25, 0.3) is 0 Å². The Kier molecular flexibility index (Phi) is 3.33. The molecule has 1 aliphatic rings. The molecule has 0 aromatic carbocycles. The first-order valence-corrected chi connectivity index (χ1v) is 4.99. The van der Waals surface area contributed by atoms with Crippen molar-refractivity contribution in [2.75, 3.05) is 20.2 Å². The summed E-state index contributed by atoms with van der Waals surface area (Å²) in [6, 6.07) is 0.951. The quantitative estimate of drug-likeness (QED) is 0.709. The monoisotopic (exact) mass is 186 g/mol. The van der Waals surface area contributed by atoms with Crippen LogP contribution in [0.2, 0.25) is 0 Å². The number of ether oxygens (including phenoxy) is 1. The third kappa shape index (κ3) is 2.93. The van der Waals surface area contributed by atoms with Gasteiger partial charge in [-0.15, -0.1) is 0 Å². The highest BCUT2D eigenvalue weighted by Gasteiger charge is 2.30. The maximum Gasteiger partial charge on any atom is 0.0749 e. The minimum Gasteiger partial charge on any atom is -0.377 e. The number of methoxy groups -OCH3 is 1. The smallest absolute Gasteiger partial charge is 0.0749 e. The first-order chi connectivity index (χ1) is 5.94. The van der Waals surface area contributed by atoms with E-state index in [1.807, 2.05) is 0 Å². The number of rotatable bonds is 3. The molecule has 2 atom stereocenters. The molecule has 3 nitrogen and oxygen atoms in total. The molecule has 1 fully saturated rings. The highest BCUT2D eigenvalue weighted by atomic mass is 16.5. The predicted octanol–water partition coefficient (Wildman–Crippen LogP) is 0.833. The Morgan fingerprint density at radius 1 is 1.54 bits per heavy atom. The van der Waals surface area contributed by atoms with Crippen LogP contribution in [0.4, 0.5) is 0 Å². The molecule has 0 amide bonds. The van der Waals surface area contributed by atoms with E-state index >= 15 is 0 Å². The molecule has 1 rings (SSSR count). The average molecular weight is 186 g/mol. The van der Waals surface area contributed by atoms with Crippen LogP contribution in [0.5, 0.6) is 0 Å². The zero-order valence-electron chi connectivity index (χ0n) is 9.21. The minimum absolute atomic E-state index is 0.0572. The van der Waals surface area contributed by atoms with Crippen molar-refractivity contribution < 1.29 is 4.74 Å². The van der Waals surface area contributed by atoms with Crippen molar-refractivity contribution in [1.29, 1.82) is 0 Å². The van der Waals surface area contributed by atoms with E-state index in [0.717, 1.165) is 19.5 Å². The van der Waals surface area contributed by atoms with Gasteiger partial charge < -0.3 is 10.5 Å². The van der Waals surface area contributed by atoms with Crippen LogP contribution in [0.15, 0.2) is 0 Å². The summed E-state index contributed by atoms with van der Waals surface area (Å²) in [5.41, 5.74) is 5.84. The summed E-state index contributed by atoms with van der Waals surface area (Å²) in [5.74, 6) is 0. The van der Waals surface area contributed by atoms with Crippen LogP contribution in [0.1, 0.15) is 27.2 Å². The molecule has 3 heteroatoms. The van der Waals surface area contributed by atoms with E-state index in [0.29, 0.717) is 12.1 Å². The number of hydrogen-bond donors (Lipinski definition) is 1. The fourth-order valence-electron chi connectivity index (χ4n) is 1.92. The standard InChI is InChI=1S/C10H22N2O/c1-8-5-9(11)6-12(8)7-10(2,3)13-4/h8-9H,5-7,11H2,1-4H3. The van der Waals surface area contributed by atoms with Gasteiger partial charge in [0.1, 0.15) is 0 Å². The lowest BCUT2D eigenvalue weighted by Crippen LogP contribution is -2.42. The molecule has 0 bridgehead atoms. The lowest BCUT2D eigenvalue weighted by molar-refractivity contribution is -0.00918. The first-order valence-electron chi connectivity index (χ1n) is 4.99. The van der Waals surface area contributed by atoms with E-state index in [-0.39, 0.29) is 5.60 Å². The van der Waals surface area contributed by atoms with Crippen LogP contribution < -0.4 is 5.73 Å². The fourth-order valence-corrected chi connectivity index (χ4v) is 1.92. The van der Waals surface area contributed by atoms with Crippen LogP contribution in [-0.2, 0) is 4.74 Å². The lowest BCUT2D eigenvalue weighted by atomic mass is 10.1. The second kappa shape index (κ2) is 3.95. The van der Waals surface area contributed by atoms with Crippen LogP contribution in [0, 0.1) is 0 Å². The minimum atomic E-state index is -0.0572. The molecule has 0 spiro atoms. The molecular formula is C10H22N2O. The second-order valence-electron chi connectivity index (χ2n) is 4.74. The number of likely N-dealkylation sites (tertiary alicyclic amines) is 1. The molecule has 0 saturated carbocycles. The van der Waals surface area contributed by atoms with Gasteiger partial charge in [-0.1, -0.05) is 0 Å². The summed E-state index contributed by atoms with van der Waals surface area (Å²) in [5, 5.41) is 0. The molecule has 0 aromatic rings. The van der Waals surface area contributed by atoms with E-state index in [1.165, 1.54) is 0 Å². The van der Waals surface area contributed by atoms with E-state index in [2.05, 4.69) is 25.7 Å². The van der Waals surface area contributed by atoms with E-state index in [9.17, 15) is 0 Å². The van der Waals surface area contributed by atoms with Gasteiger partial charge in [0.05, 0.1) is 5.60 Å². The average Bonchev–Trinajstić information content (AvgIpc) is 2.30. The Morgan fingerprint density at radius 3 is 2.54 bits per heavy atom. The van der Waals surface area contributed by atoms with Crippen LogP contribution >= 0.6 is 0 Å². The SMILES string of the molecule is COC(C)(C)CN1CC(N)CC1C. The van der Waals surface area contributed by atoms with Crippen molar-refractivity contribution in [1.82, 2.24) is 4.90 Å². The van der Waals surface area contributed by atoms with Crippen LogP contribution in [-0.4, -0.2) is 42.8 Å². The lowest BCUT2D eigenvalue weighted by Gasteiger charge is -2.31. The molecule has 2 unspecified atom stereocenters. The highest BCUT2D eigenvalue weighted by molar-refractivity contribution is 4.88. The van der Waals surface area contributed by atoms with Gasteiger partial charge in [-0.3, -0.25) is 4.90 Å². The fraction of sp³-hybridized carbons (Fsp3) is 1.00. The Labute approximate surface area is 81.2 Å². The number of nitrogens with zero attached hydrogens (tertiary/aromatic N) is 1. The van der Waals surface area contributed by atoms with Gasteiger partial charge in [-0.25, -0.2) is 0 Å². The van der Waals surface area contributed by atoms with Gasteiger partial charge in [0.15, 0.2) is 0 Å². The van der Waals surface area contributed by atoms with Gasteiger partial charge in [0, 0.05) is 32.3 Å². The zero-order chi connectivity index (χ0) is 10.1. The summed E-state index contributed by atoms with van der Waals surface area (Å²) in [4.78, 5) is 2.41. The van der Waals surface area contributed by atoms with Gasteiger partial charge >= 0.3 is 0 Å². The topological polar surface area (TPSA) is 38.5 Å². The van der Waals surface area contributed by atoms with Crippen molar-refractivity contribution in [2.24, 2.45) is 5.73 Å². The molecule has 2 N–H and O–H groups in total. The van der Waals surface area contributed by atoms with Crippen LogP contribution in [0.3, 0.4) is 0 Å². The third-order valence-electron chi connectivity index (χ3n) is 2.87. The highest BCUT2D eigenvalue weighted by Crippen LogP contribution is 2.20. The summed E-state index contributed by atoms with van der Waals surface area (Å²) in [6.45, 7) is 8.44. The summed E-state index contributed by atoms with van der Waals surface area (Å²) < 4.78 is 5.40. The summed E-state index contributed by atoms with van der Waals surface area (Å²) in [6.07, 6.45) is 1.11. The maximum atomic E-state index is 5.89. The molecule has 1 aliphatic heterocycles. The molecule has 1 saturated heterocycles. The largest absolute Gasteiger partial charge is 0.377 e. The number of nitrogens with two attached hydrogens (primary N) is 1. The Morgan fingerprint density at radius 2 is 2.15 bits per heavy atom. The third-order valence-corrected chi connectivity index (χ3v) is 2.87. The van der Waals surface area contributed by atoms with Gasteiger partial charge in [-0.2, -0.15) is 0 Å². The normalized spacial score (nSPS) is 31.2. The van der Waals surface area contributed by atoms with Crippen molar-refractivity contribution in [3.8, 4) is 0 Å². The summed E-state index contributed by atoms with van der Waals surface area (Å²) in [7, 11) is 1.76. The Balaban J connectivity index is 2.45. The maximum absolute atomic E-state index is 5.89. The van der Waals surface area contributed by atoms with E-state index in [1.54, 1.807) is 7.11 Å². The van der Waals surface area contributed by atoms with Gasteiger partial charge in [0.2, 0.25) is 0 Å². The molecule has 13 heavy (non-hydrogen) atoms. The molecule has 78 valence electrons. The molecule has 0 aliphatic carbocycles. The van der Waals surface area contributed by atoms with Crippen molar-refractivity contribution in [2.45, 2.75) is 44.9 Å². The Bertz CT molecular complexity index is 170. The molecule has 0 aromatic heterocycles. The molecule has 1 heterocycles. The van der Waals surface area contributed by atoms with Gasteiger partial charge in [-0.05, 0) is 27.2 Å². The molecule has 0 radical (unpaired) electrons. The van der Waals surface area contributed by atoms with Gasteiger partial charge in [0.25, 0.3) is 0 Å².